The molecular formula is C28H34NO5P. The van der Waals surface area contributed by atoms with Crippen LogP contribution in [0.15, 0.2) is 72.8 Å². The van der Waals surface area contributed by atoms with Crippen molar-refractivity contribution in [3.63, 3.8) is 0 Å². The highest BCUT2D eigenvalue weighted by Crippen LogP contribution is 2.33. The number of phenols is 1. The van der Waals surface area contributed by atoms with E-state index in [1.807, 2.05) is 36.4 Å². The molecule has 1 saturated carbocycles. The van der Waals surface area contributed by atoms with Crippen molar-refractivity contribution in [2.45, 2.75) is 56.8 Å². The standard InChI is InChI=1S/C28H34NO5P/c30-24-11-7-21(8-12-24)17-25(31)19-29-28(15-3-4-16-28)18-22-9-13-26(14-10-22)34-20-23-5-1-2-6-27(23)35(32)33/h1-2,5-14,25,29-31,35H,3-4,15-20H2,(H,32,33)/t25-/m0/s1. The summed E-state index contributed by atoms with van der Waals surface area (Å²) in [7, 11) is -2.77. The van der Waals surface area contributed by atoms with Gasteiger partial charge in [0.1, 0.15) is 18.1 Å². The van der Waals surface area contributed by atoms with Gasteiger partial charge in [-0.05, 0) is 67.1 Å². The fourth-order valence-corrected chi connectivity index (χ4v) is 5.56. The molecule has 4 rings (SSSR count). The highest BCUT2D eigenvalue weighted by atomic mass is 31.1. The molecule has 2 atom stereocenters. The number of hydrogen-bond acceptors (Lipinski definition) is 5. The van der Waals surface area contributed by atoms with E-state index in [0.29, 0.717) is 18.3 Å². The van der Waals surface area contributed by atoms with E-state index in [-0.39, 0.29) is 17.9 Å². The van der Waals surface area contributed by atoms with Crippen molar-refractivity contribution in [2.75, 3.05) is 6.54 Å². The summed E-state index contributed by atoms with van der Waals surface area (Å²) in [6.45, 7) is 0.770. The summed E-state index contributed by atoms with van der Waals surface area (Å²) < 4.78 is 17.4. The first-order valence-electron chi connectivity index (χ1n) is 12.2. The van der Waals surface area contributed by atoms with Gasteiger partial charge in [0, 0.05) is 23.0 Å². The van der Waals surface area contributed by atoms with Crippen LogP contribution in [0.2, 0.25) is 0 Å². The van der Waals surface area contributed by atoms with Crippen molar-refractivity contribution in [3.8, 4) is 11.5 Å². The monoisotopic (exact) mass is 495 g/mol. The quantitative estimate of drug-likeness (QED) is 0.299. The number of nitrogens with one attached hydrogen (secondary N) is 1. The molecule has 0 aliphatic heterocycles. The largest absolute Gasteiger partial charge is 0.508 e. The van der Waals surface area contributed by atoms with Gasteiger partial charge in [-0.15, -0.1) is 0 Å². The van der Waals surface area contributed by atoms with Gasteiger partial charge in [-0.1, -0.05) is 55.3 Å². The van der Waals surface area contributed by atoms with Crippen molar-refractivity contribution in [3.05, 3.63) is 89.5 Å². The number of aromatic hydroxyl groups is 1. The summed E-state index contributed by atoms with van der Waals surface area (Å²) in [6.07, 6.45) is 5.44. The topological polar surface area (TPSA) is 99.0 Å². The van der Waals surface area contributed by atoms with Crippen LogP contribution < -0.4 is 15.4 Å². The Morgan fingerprint density at radius 3 is 2.29 bits per heavy atom. The SMILES string of the molecule is O=[PH](O)c1ccccc1COc1ccc(CC2(NC[C@@H](O)Cc3ccc(O)cc3)CCCC2)cc1. The first-order chi connectivity index (χ1) is 16.9. The van der Waals surface area contributed by atoms with Crippen molar-refractivity contribution in [2.24, 2.45) is 0 Å². The molecule has 0 heterocycles. The summed E-state index contributed by atoms with van der Waals surface area (Å²) in [6, 6.07) is 22.1. The van der Waals surface area contributed by atoms with Gasteiger partial charge in [0.15, 0.2) is 0 Å². The van der Waals surface area contributed by atoms with E-state index in [1.54, 1.807) is 24.3 Å². The molecule has 186 valence electrons. The van der Waals surface area contributed by atoms with Gasteiger partial charge in [-0.3, -0.25) is 4.57 Å². The average Bonchev–Trinajstić information content (AvgIpc) is 3.32. The Morgan fingerprint density at radius 2 is 1.60 bits per heavy atom. The van der Waals surface area contributed by atoms with Gasteiger partial charge in [0.2, 0.25) is 8.03 Å². The van der Waals surface area contributed by atoms with Gasteiger partial charge in [-0.2, -0.15) is 0 Å². The lowest BCUT2D eigenvalue weighted by atomic mass is 9.88. The fraction of sp³-hybridized carbons (Fsp3) is 0.357. The molecule has 3 aromatic carbocycles. The third-order valence-electron chi connectivity index (χ3n) is 6.79. The second kappa shape index (κ2) is 11.9. The van der Waals surface area contributed by atoms with Gasteiger partial charge in [-0.25, -0.2) is 0 Å². The third-order valence-corrected chi connectivity index (χ3v) is 7.74. The Morgan fingerprint density at radius 1 is 0.943 bits per heavy atom. The van der Waals surface area contributed by atoms with E-state index < -0.39 is 14.1 Å². The second-order valence-corrected chi connectivity index (χ2v) is 10.6. The zero-order chi connectivity index (χ0) is 24.7. The van der Waals surface area contributed by atoms with Gasteiger partial charge >= 0.3 is 0 Å². The number of benzene rings is 3. The fourth-order valence-electron chi connectivity index (χ4n) is 4.89. The number of ether oxygens (including phenoxy) is 1. The number of rotatable bonds is 11. The van der Waals surface area contributed by atoms with E-state index >= 15 is 0 Å². The van der Waals surface area contributed by atoms with E-state index in [9.17, 15) is 19.7 Å². The van der Waals surface area contributed by atoms with Crippen LogP contribution in [0.3, 0.4) is 0 Å². The molecular weight excluding hydrogens is 461 g/mol. The molecule has 1 unspecified atom stereocenters. The molecule has 4 N–H and O–H groups in total. The smallest absolute Gasteiger partial charge is 0.218 e. The van der Waals surface area contributed by atoms with E-state index in [1.165, 1.54) is 18.4 Å². The minimum Gasteiger partial charge on any atom is -0.508 e. The molecule has 0 aromatic heterocycles. The van der Waals surface area contributed by atoms with E-state index in [2.05, 4.69) is 17.4 Å². The van der Waals surface area contributed by atoms with Crippen LogP contribution in [0, 0.1) is 0 Å². The predicted octanol–water partition coefficient (Wildman–Crippen LogP) is 4.11. The molecule has 0 saturated heterocycles. The first kappa shape index (κ1) is 25.5. The van der Waals surface area contributed by atoms with Crippen LogP contribution in [-0.2, 0) is 24.0 Å². The van der Waals surface area contributed by atoms with Crippen LogP contribution in [0.1, 0.15) is 42.4 Å². The number of aliphatic hydroxyl groups is 1. The Labute approximate surface area is 207 Å². The normalized spacial score (nSPS) is 16.6. The van der Waals surface area contributed by atoms with Gasteiger partial charge < -0.3 is 25.2 Å². The molecule has 1 fully saturated rings. The molecule has 1 aliphatic carbocycles. The van der Waals surface area contributed by atoms with Gasteiger partial charge in [0.05, 0.1) is 6.10 Å². The van der Waals surface area contributed by atoms with Crippen LogP contribution in [0.25, 0.3) is 0 Å². The lowest BCUT2D eigenvalue weighted by Gasteiger charge is -2.32. The summed E-state index contributed by atoms with van der Waals surface area (Å²) in [5.41, 5.74) is 2.91. The zero-order valence-corrected chi connectivity index (χ0v) is 20.8. The molecule has 0 radical (unpaired) electrons. The van der Waals surface area contributed by atoms with Crippen molar-refractivity contribution in [1.29, 1.82) is 0 Å². The maximum absolute atomic E-state index is 11.6. The highest BCUT2D eigenvalue weighted by molar-refractivity contribution is 7.47. The molecule has 0 amide bonds. The zero-order valence-electron chi connectivity index (χ0n) is 19.8. The summed E-state index contributed by atoms with van der Waals surface area (Å²) in [4.78, 5) is 9.52. The summed E-state index contributed by atoms with van der Waals surface area (Å²) in [5.74, 6) is 0.953. The minimum absolute atomic E-state index is 0.0229. The van der Waals surface area contributed by atoms with E-state index in [4.69, 9.17) is 4.74 Å². The highest BCUT2D eigenvalue weighted by Gasteiger charge is 2.33. The van der Waals surface area contributed by atoms with E-state index in [0.717, 1.165) is 36.1 Å². The number of β-amino-alcohol motifs (C(OH)–C–C–N with tert-alkyl or cyclic N) is 1. The number of phenolic OH excluding ortho intramolecular Hbond substituents is 1. The molecule has 3 aromatic rings. The third kappa shape index (κ3) is 7.18. The van der Waals surface area contributed by atoms with Crippen LogP contribution in [0.4, 0.5) is 0 Å². The molecule has 1 aliphatic rings. The predicted molar refractivity (Wildman–Crippen MR) is 139 cm³/mol. The summed E-state index contributed by atoms with van der Waals surface area (Å²) in [5, 5.41) is 24.1. The van der Waals surface area contributed by atoms with Crippen LogP contribution >= 0.6 is 8.03 Å². The first-order valence-corrected chi connectivity index (χ1v) is 13.5. The molecule has 7 heteroatoms. The Balaban J connectivity index is 1.32. The molecule has 0 spiro atoms. The summed E-state index contributed by atoms with van der Waals surface area (Å²) >= 11 is 0. The lowest BCUT2D eigenvalue weighted by molar-refractivity contribution is 0.153. The second-order valence-electron chi connectivity index (χ2n) is 9.46. The Hall–Kier alpha value is -2.63. The van der Waals surface area contributed by atoms with Crippen LogP contribution in [-0.4, -0.2) is 33.3 Å². The molecule has 6 nitrogen and oxygen atoms in total. The van der Waals surface area contributed by atoms with Crippen molar-refractivity contribution in [1.82, 2.24) is 5.32 Å². The Bertz CT molecular complexity index is 1110. The molecule has 0 bridgehead atoms. The van der Waals surface area contributed by atoms with Crippen molar-refractivity contribution < 1.29 is 24.4 Å². The maximum Gasteiger partial charge on any atom is 0.218 e. The van der Waals surface area contributed by atoms with Crippen molar-refractivity contribution >= 4 is 13.3 Å². The van der Waals surface area contributed by atoms with Gasteiger partial charge in [0.25, 0.3) is 0 Å². The molecule has 35 heavy (non-hydrogen) atoms. The number of hydrogen-bond donors (Lipinski definition) is 4. The van der Waals surface area contributed by atoms with Crippen LogP contribution in [0.5, 0.6) is 11.5 Å². The minimum atomic E-state index is -2.77. The lowest BCUT2D eigenvalue weighted by Crippen LogP contribution is -2.48. The number of aliphatic hydroxyl groups excluding tert-OH is 1. The maximum atomic E-state index is 11.6. The average molecular weight is 496 g/mol. The Kier molecular flexibility index (Phi) is 8.64.